The van der Waals surface area contributed by atoms with Gasteiger partial charge in [0, 0.05) is 11.6 Å². The average molecular weight is 306 g/mol. The van der Waals surface area contributed by atoms with Crippen LogP contribution in [-0.4, -0.2) is 10.1 Å². The lowest BCUT2D eigenvalue weighted by atomic mass is 9.86. The first-order valence-electron chi connectivity index (χ1n) is 6.86. The van der Waals surface area contributed by atoms with Gasteiger partial charge < -0.3 is 9.84 Å². The maximum atomic E-state index is 9.23. The summed E-state index contributed by atoms with van der Waals surface area (Å²) in [4.78, 5) is 4.23. The molecule has 0 amide bonds. The molecule has 1 heterocycles. The van der Waals surface area contributed by atoms with Crippen molar-refractivity contribution < 1.29 is 9.84 Å². The SMILES string of the molecule is Cc1ccc(C(C)(C)C)c(Oc2ccc(Cl)c(CO)n2)c1. The molecule has 0 fully saturated rings. The summed E-state index contributed by atoms with van der Waals surface area (Å²) in [6.45, 7) is 8.22. The van der Waals surface area contributed by atoms with Gasteiger partial charge in [0.1, 0.15) is 5.75 Å². The third-order valence-electron chi connectivity index (χ3n) is 3.20. The van der Waals surface area contributed by atoms with Crippen molar-refractivity contribution in [3.05, 3.63) is 52.2 Å². The van der Waals surface area contributed by atoms with Crippen molar-refractivity contribution >= 4 is 11.6 Å². The molecule has 0 aliphatic heterocycles. The number of benzene rings is 1. The van der Waals surface area contributed by atoms with Gasteiger partial charge in [-0.25, -0.2) is 4.98 Å². The summed E-state index contributed by atoms with van der Waals surface area (Å²) in [5.74, 6) is 1.21. The molecule has 0 aliphatic carbocycles. The minimum absolute atomic E-state index is 0.0325. The predicted octanol–water partition coefficient (Wildman–Crippen LogP) is 4.63. The van der Waals surface area contributed by atoms with Gasteiger partial charge in [0.05, 0.1) is 17.3 Å². The number of aryl methyl sites for hydroxylation is 1. The standard InChI is InChI=1S/C17H20ClNO2/c1-11-5-6-12(17(2,3)4)15(9-11)21-16-8-7-13(18)14(10-20)19-16/h5-9,20H,10H2,1-4H3. The Hall–Kier alpha value is -1.58. The topological polar surface area (TPSA) is 42.4 Å². The molecule has 2 rings (SSSR count). The molecule has 4 heteroatoms. The highest BCUT2D eigenvalue weighted by Gasteiger charge is 2.19. The van der Waals surface area contributed by atoms with Crippen molar-refractivity contribution in [3.63, 3.8) is 0 Å². The summed E-state index contributed by atoms with van der Waals surface area (Å²) >= 11 is 5.95. The third-order valence-corrected chi connectivity index (χ3v) is 3.55. The third kappa shape index (κ3) is 3.74. The molecule has 2 aromatic rings. The number of hydrogen-bond acceptors (Lipinski definition) is 3. The number of nitrogens with zero attached hydrogens (tertiary/aromatic N) is 1. The van der Waals surface area contributed by atoms with E-state index in [1.165, 1.54) is 0 Å². The highest BCUT2D eigenvalue weighted by atomic mass is 35.5. The number of aliphatic hydroxyl groups excluding tert-OH is 1. The lowest BCUT2D eigenvalue weighted by Gasteiger charge is -2.23. The Kier molecular flexibility index (Phi) is 4.55. The fourth-order valence-corrected chi connectivity index (χ4v) is 2.24. The van der Waals surface area contributed by atoms with E-state index in [2.05, 4.69) is 37.9 Å². The van der Waals surface area contributed by atoms with Crippen molar-refractivity contribution in [3.8, 4) is 11.6 Å². The van der Waals surface area contributed by atoms with Gasteiger partial charge in [0.2, 0.25) is 5.88 Å². The van der Waals surface area contributed by atoms with Gasteiger partial charge in [-0.15, -0.1) is 0 Å². The molecular weight excluding hydrogens is 286 g/mol. The first-order valence-corrected chi connectivity index (χ1v) is 7.24. The van der Waals surface area contributed by atoms with Crippen LogP contribution in [0.1, 0.15) is 37.6 Å². The Balaban J connectivity index is 2.41. The normalized spacial score (nSPS) is 11.5. The molecule has 1 aromatic carbocycles. The summed E-state index contributed by atoms with van der Waals surface area (Å²) < 4.78 is 5.93. The minimum atomic E-state index is -0.212. The Labute approximate surface area is 130 Å². The molecular formula is C17H20ClNO2. The van der Waals surface area contributed by atoms with Crippen LogP contribution in [0.2, 0.25) is 5.02 Å². The number of aliphatic hydroxyl groups is 1. The van der Waals surface area contributed by atoms with E-state index in [-0.39, 0.29) is 12.0 Å². The van der Waals surface area contributed by atoms with E-state index in [0.717, 1.165) is 16.9 Å². The van der Waals surface area contributed by atoms with Gasteiger partial charge in [0.15, 0.2) is 0 Å². The molecule has 112 valence electrons. The molecule has 3 nitrogen and oxygen atoms in total. The van der Waals surface area contributed by atoms with Gasteiger partial charge in [-0.1, -0.05) is 44.5 Å². The summed E-state index contributed by atoms with van der Waals surface area (Å²) in [7, 11) is 0. The monoisotopic (exact) mass is 305 g/mol. The molecule has 1 N–H and O–H groups in total. The fraction of sp³-hybridized carbons (Fsp3) is 0.353. The number of halogens is 1. The zero-order chi connectivity index (χ0) is 15.6. The van der Waals surface area contributed by atoms with Crippen LogP contribution in [0, 0.1) is 6.92 Å². The van der Waals surface area contributed by atoms with E-state index in [1.54, 1.807) is 12.1 Å². The van der Waals surface area contributed by atoms with E-state index >= 15 is 0 Å². The second-order valence-electron chi connectivity index (χ2n) is 6.09. The first kappa shape index (κ1) is 15.8. The smallest absolute Gasteiger partial charge is 0.219 e. The molecule has 21 heavy (non-hydrogen) atoms. The van der Waals surface area contributed by atoms with Gasteiger partial charge in [-0.2, -0.15) is 0 Å². The van der Waals surface area contributed by atoms with Crippen molar-refractivity contribution in [2.45, 2.75) is 39.7 Å². The zero-order valence-electron chi connectivity index (χ0n) is 12.8. The molecule has 0 unspecified atom stereocenters. The summed E-state index contributed by atoms with van der Waals surface area (Å²) in [5.41, 5.74) is 2.61. The maximum absolute atomic E-state index is 9.23. The van der Waals surface area contributed by atoms with Gasteiger partial charge in [-0.3, -0.25) is 0 Å². The van der Waals surface area contributed by atoms with E-state index in [0.29, 0.717) is 16.6 Å². The van der Waals surface area contributed by atoms with Crippen molar-refractivity contribution in [2.24, 2.45) is 0 Å². The highest BCUT2D eigenvalue weighted by molar-refractivity contribution is 6.31. The molecule has 0 spiro atoms. The molecule has 1 aromatic heterocycles. The zero-order valence-corrected chi connectivity index (χ0v) is 13.5. The Bertz CT molecular complexity index is 648. The van der Waals surface area contributed by atoms with E-state index < -0.39 is 0 Å². The molecule has 0 aliphatic rings. The Morgan fingerprint density at radius 1 is 1.19 bits per heavy atom. The van der Waals surface area contributed by atoms with E-state index in [1.807, 2.05) is 13.0 Å². The van der Waals surface area contributed by atoms with E-state index in [9.17, 15) is 5.11 Å². The molecule has 0 atom stereocenters. The van der Waals surface area contributed by atoms with Crippen LogP contribution in [0.3, 0.4) is 0 Å². The predicted molar refractivity (Wildman–Crippen MR) is 85.1 cm³/mol. The number of rotatable bonds is 3. The van der Waals surface area contributed by atoms with Crippen LogP contribution in [0.15, 0.2) is 30.3 Å². The Morgan fingerprint density at radius 2 is 1.90 bits per heavy atom. The average Bonchev–Trinajstić information content (AvgIpc) is 2.39. The van der Waals surface area contributed by atoms with Gasteiger partial charge in [0.25, 0.3) is 0 Å². The summed E-state index contributed by atoms with van der Waals surface area (Å²) in [5, 5.41) is 9.67. The molecule has 0 radical (unpaired) electrons. The second kappa shape index (κ2) is 6.04. The van der Waals surface area contributed by atoms with Gasteiger partial charge in [-0.05, 0) is 30.0 Å². The van der Waals surface area contributed by atoms with Crippen LogP contribution in [0.25, 0.3) is 0 Å². The molecule has 0 bridgehead atoms. The number of hydrogen-bond donors (Lipinski definition) is 1. The second-order valence-corrected chi connectivity index (χ2v) is 6.49. The molecule has 0 saturated carbocycles. The van der Waals surface area contributed by atoms with Crippen molar-refractivity contribution in [1.82, 2.24) is 4.98 Å². The van der Waals surface area contributed by atoms with Crippen molar-refractivity contribution in [2.75, 3.05) is 0 Å². The number of pyridine rings is 1. The minimum Gasteiger partial charge on any atom is -0.439 e. The van der Waals surface area contributed by atoms with Crippen LogP contribution < -0.4 is 4.74 Å². The van der Waals surface area contributed by atoms with Gasteiger partial charge >= 0.3 is 0 Å². The van der Waals surface area contributed by atoms with E-state index in [4.69, 9.17) is 16.3 Å². The van der Waals surface area contributed by atoms with Crippen LogP contribution in [0.5, 0.6) is 11.6 Å². The van der Waals surface area contributed by atoms with Crippen LogP contribution in [0.4, 0.5) is 0 Å². The Morgan fingerprint density at radius 3 is 2.52 bits per heavy atom. The van der Waals surface area contributed by atoms with Crippen molar-refractivity contribution in [1.29, 1.82) is 0 Å². The summed E-state index contributed by atoms with van der Waals surface area (Å²) in [6.07, 6.45) is 0. The number of ether oxygens (including phenoxy) is 1. The number of aromatic nitrogens is 1. The first-order chi connectivity index (χ1) is 9.81. The van der Waals surface area contributed by atoms with Crippen LogP contribution in [-0.2, 0) is 12.0 Å². The fourth-order valence-electron chi connectivity index (χ4n) is 2.08. The quantitative estimate of drug-likeness (QED) is 0.899. The summed E-state index contributed by atoms with van der Waals surface area (Å²) in [6, 6.07) is 9.53. The molecule has 0 saturated heterocycles. The largest absolute Gasteiger partial charge is 0.439 e. The lowest BCUT2D eigenvalue weighted by molar-refractivity contribution is 0.275. The lowest BCUT2D eigenvalue weighted by Crippen LogP contribution is -2.12. The maximum Gasteiger partial charge on any atom is 0.219 e. The highest BCUT2D eigenvalue weighted by Crippen LogP contribution is 2.34. The van der Waals surface area contributed by atoms with Crippen LogP contribution >= 0.6 is 11.6 Å².